The SMILES string of the molecule is Cc1ccc(CNCC(=O)NCCC(C)C)s1. The molecule has 0 saturated carbocycles. The maximum Gasteiger partial charge on any atom is 0.233 e. The van der Waals surface area contributed by atoms with Gasteiger partial charge in [-0.1, -0.05) is 13.8 Å². The number of amides is 1. The van der Waals surface area contributed by atoms with E-state index < -0.39 is 0 Å². The van der Waals surface area contributed by atoms with Crippen molar-refractivity contribution >= 4 is 17.2 Å². The van der Waals surface area contributed by atoms with Gasteiger partial charge >= 0.3 is 0 Å². The summed E-state index contributed by atoms with van der Waals surface area (Å²) in [6.45, 7) is 8.35. The third kappa shape index (κ3) is 6.44. The Morgan fingerprint density at radius 2 is 2.18 bits per heavy atom. The Kier molecular flexibility index (Phi) is 6.22. The van der Waals surface area contributed by atoms with Crippen molar-refractivity contribution in [1.29, 1.82) is 0 Å². The second kappa shape index (κ2) is 7.45. The molecule has 1 aromatic rings. The first-order valence-electron chi connectivity index (χ1n) is 6.10. The van der Waals surface area contributed by atoms with Gasteiger partial charge in [-0.25, -0.2) is 0 Å². The molecule has 4 heteroatoms. The van der Waals surface area contributed by atoms with Gasteiger partial charge in [0.05, 0.1) is 6.54 Å². The molecule has 0 saturated heterocycles. The molecule has 1 rings (SSSR count). The minimum atomic E-state index is 0.0823. The highest BCUT2D eigenvalue weighted by Crippen LogP contribution is 2.14. The molecule has 17 heavy (non-hydrogen) atoms. The van der Waals surface area contributed by atoms with Crippen LogP contribution >= 0.6 is 11.3 Å². The van der Waals surface area contributed by atoms with Gasteiger partial charge in [0.1, 0.15) is 0 Å². The van der Waals surface area contributed by atoms with Crippen LogP contribution in [-0.2, 0) is 11.3 Å². The summed E-state index contributed by atoms with van der Waals surface area (Å²) in [4.78, 5) is 14.0. The largest absolute Gasteiger partial charge is 0.355 e. The van der Waals surface area contributed by atoms with Crippen molar-refractivity contribution in [3.05, 3.63) is 21.9 Å². The van der Waals surface area contributed by atoms with E-state index in [1.165, 1.54) is 9.75 Å². The highest BCUT2D eigenvalue weighted by Gasteiger charge is 2.02. The summed E-state index contributed by atoms with van der Waals surface area (Å²) in [6, 6.07) is 4.20. The van der Waals surface area contributed by atoms with Crippen LogP contribution in [0.25, 0.3) is 0 Å². The second-order valence-electron chi connectivity index (χ2n) is 4.65. The van der Waals surface area contributed by atoms with E-state index in [4.69, 9.17) is 0 Å². The molecule has 0 atom stereocenters. The van der Waals surface area contributed by atoms with E-state index in [1.54, 1.807) is 11.3 Å². The van der Waals surface area contributed by atoms with Crippen molar-refractivity contribution in [3.63, 3.8) is 0 Å². The summed E-state index contributed by atoms with van der Waals surface area (Å²) in [5.74, 6) is 0.719. The number of carbonyl (C=O) groups excluding carboxylic acids is 1. The van der Waals surface area contributed by atoms with Crippen molar-refractivity contribution in [2.75, 3.05) is 13.1 Å². The Morgan fingerprint density at radius 3 is 2.76 bits per heavy atom. The average Bonchev–Trinajstić information content (AvgIpc) is 2.63. The van der Waals surface area contributed by atoms with Gasteiger partial charge in [0.15, 0.2) is 0 Å². The summed E-state index contributed by atoms with van der Waals surface area (Å²) in [5, 5.41) is 6.06. The lowest BCUT2D eigenvalue weighted by atomic mass is 10.1. The highest BCUT2D eigenvalue weighted by molar-refractivity contribution is 7.11. The molecule has 0 aliphatic heterocycles. The first-order chi connectivity index (χ1) is 8.08. The molecule has 0 fully saturated rings. The molecule has 1 amide bonds. The molecule has 0 radical (unpaired) electrons. The van der Waals surface area contributed by atoms with Crippen molar-refractivity contribution in [2.45, 2.75) is 33.7 Å². The second-order valence-corrected chi connectivity index (χ2v) is 6.02. The number of rotatable bonds is 7. The Morgan fingerprint density at radius 1 is 1.41 bits per heavy atom. The average molecular weight is 254 g/mol. The fourth-order valence-corrected chi connectivity index (χ4v) is 2.30. The smallest absolute Gasteiger partial charge is 0.233 e. The molecule has 1 heterocycles. The van der Waals surface area contributed by atoms with Crippen molar-refractivity contribution < 1.29 is 4.79 Å². The van der Waals surface area contributed by atoms with Crippen LogP contribution in [0.1, 0.15) is 30.0 Å². The third-order valence-electron chi connectivity index (χ3n) is 2.42. The van der Waals surface area contributed by atoms with Crippen molar-refractivity contribution in [1.82, 2.24) is 10.6 Å². The number of aryl methyl sites for hydroxylation is 1. The van der Waals surface area contributed by atoms with Gasteiger partial charge in [0, 0.05) is 22.8 Å². The van der Waals surface area contributed by atoms with Crippen molar-refractivity contribution in [2.24, 2.45) is 5.92 Å². The van der Waals surface area contributed by atoms with Crippen LogP contribution in [0, 0.1) is 12.8 Å². The summed E-state index contributed by atoms with van der Waals surface area (Å²) >= 11 is 1.77. The van der Waals surface area contributed by atoms with E-state index >= 15 is 0 Å². The fourth-order valence-electron chi connectivity index (χ4n) is 1.44. The molecule has 96 valence electrons. The lowest BCUT2D eigenvalue weighted by Gasteiger charge is -2.07. The summed E-state index contributed by atoms with van der Waals surface area (Å²) in [6.07, 6.45) is 1.04. The molecule has 3 nitrogen and oxygen atoms in total. The molecule has 0 aliphatic rings. The minimum absolute atomic E-state index is 0.0823. The number of hydrogen-bond donors (Lipinski definition) is 2. The molecule has 0 bridgehead atoms. The normalized spacial score (nSPS) is 10.8. The van der Waals surface area contributed by atoms with Crippen LogP contribution in [-0.4, -0.2) is 19.0 Å². The lowest BCUT2D eigenvalue weighted by Crippen LogP contribution is -2.34. The fraction of sp³-hybridized carbons (Fsp3) is 0.615. The first kappa shape index (κ1) is 14.2. The summed E-state index contributed by atoms with van der Waals surface area (Å²) in [7, 11) is 0. The van der Waals surface area contributed by atoms with Crippen LogP contribution in [0.3, 0.4) is 0 Å². The minimum Gasteiger partial charge on any atom is -0.355 e. The zero-order chi connectivity index (χ0) is 12.7. The molecule has 0 spiro atoms. The third-order valence-corrected chi connectivity index (χ3v) is 3.43. The summed E-state index contributed by atoms with van der Waals surface area (Å²) in [5.41, 5.74) is 0. The van der Waals surface area contributed by atoms with Crippen LogP contribution < -0.4 is 10.6 Å². The topological polar surface area (TPSA) is 41.1 Å². The number of thiophene rings is 1. The maximum absolute atomic E-state index is 11.4. The van der Waals surface area contributed by atoms with E-state index in [1.807, 2.05) is 0 Å². The van der Waals surface area contributed by atoms with Gasteiger partial charge in [0.2, 0.25) is 5.91 Å². The number of hydrogen-bond acceptors (Lipinski definition) is 3. The maximum atomic E-state index is 11.4. The van der Waals surface area contributed by atoms with E-state index in [0.717, 1.165) is 19.5 Å². The van der Waals surface area contributed by atoms with Gasteiger partial charge in [-0.05, 0) is 31.4 Å². The zero-order valence-corrected chi connectivity index (χ0v) is 11.7. The van der Waals surface area contributed by atoms with Gasteiger partial charge in [-0.3, -0.25) is 4.79 Å². The summed E-state index contributed by atoms with van der Waals surface area (Å²) < 4.78 is 0. The van der Waals surface area contributed by atoms with E-state index in [0.29, 0.717) is 12.5 Å². The molecule has 2 N–H and O–H groups in total. The van der Waals surface area contributed by atoms with Gasteiger partial charge in [-0.2, -0.15) is 0 Å². The number of carbonyl (C=O) groups is 1. The van der Waals surface area contributed by atoms with Crippen LogP contribution in [0.4, 0.5) is 0 Å². The molecule has 0 unspecified atom stereocenters. The monoisotopic (exact) mass is 254 g/mol. The first-order valence-corrected chi connectivity index (χ1v) is 6.92. The van der Waals surface area contributed by atoms with Crippen LogP contribution in [0.5, 0.6) is 0 Å². The van der Waals surface area contributed by atoms with Gasteiger partial charge in [-0.15, -0.1) is 11.3 Å². The Hall–Kier alpha value is -0.870. The molecule has 0 aromatic carbocycles. The van der Waals surface area contributed by atoms with Crippen LogP contribution in [0.15, 0.2) is 12.1 Å². The predicted molar refractivity (Wildman–Crippen MR) is 73.2 cm³/mol. The predicted octanol–water partition coefficient (Wildman–Crippen LogP) is 2.31. The van der Waals surface area contributed by atoms with Gasteiger partial charge in [0.25, 0.3) is 0 Å². The lowest BCUT2D eigenvalue weighted by molar-refractivity contribution is -0.120. The highest BCUT2D eigenvalue weighted by atomic mass is 32.1. The quantitative estimate of drug-likeness (QED) is 0.784. The Balaban J connectivity index is 2.08. The van der Waals surface area contributed by atoms with Crippen molar-refractivity contribution in [3.8, 4) is 0 Å². The van der Waals surface area contributed by atoms with E-state index in [2.05, 4.69) is 43.5 Å². The molecular formula is C13H22N2OS. The Labute approximate surface area is 108 Å². The van der Waals surface area contributed by atoms with E-state index in [-0.39, 0.29) is 5.91 Å². The molecule has 0 aliphatic carbocycles. The number of nitrogens with one attached hydrogen (secondary N) is 2. The Bertz CT molecular complexity index is 347. The molecule has 1 aromatic heterocycles. The molecular weight excluding hydrogens is 232 g/mol. The standard InChI is InChI=1S/C13H22N2OS/c1-10(2)6-7-15-13(16)9-14-8-12-5-4-11(3)17-12/h4-5,10,14H,6-9H2,1-3H3,(H,15,16). The van der Waals surface area contributed by atoms with E-state index in [9.17, 15) is 4.79 Å². The van der Waals surface area contributed by atoms with Crippen LogP contribution in [0.2, 0.25) is 0 Å². The van der Waals surface area contributed by atoms with Gasteiger partial charge < -0.3 is 10.6 Å². The zero-order valence-electron chi connectivity index (χ0n) is 10.9.